The predicted octanol–water partition coefficient (Wildman–Crippen LogP) is 1.28. The first-order chi connectivity index (χ1) is 9.65. The van der Waals surface area contributed by atoms with Crippen molar-refractivity contribution in [1.82, 2.24) is 5.32 Å². The minimum atomic E-state index is -0.432. The number of aliphatic hydroxyl groups is 1. The molecule has 2 N–H and O–H groups in total. The highest BCUT2D eigenvalue weighted by atomic mass is 16.6. The maximum Gasteiger partial charge on any atom is 0.220 e. The van der Waals surface area contributed by atoms with Crippen molar-refractivity contribution in [2.75, 3.05) is 19.8 Å². The lowest BCUT2D eigenvalue weighted by Crippen LogP contribution is -2.26. The molecule has 0 saturated carbocycles. The first kappa shape index (κ1) is 14.7. The van der Waals surface area contributed by atoms with E-state index in [0.717, 1.165) is 23.5 Å². The van der Waals surface area contributed by atoms with E-state index in [1.165, 1.54) is 0 Å². The van der Waals surface area contributed by atoms with Gasteiger partial charge in [-0.15, -0.1) is 0 Å². The third-order valence-electron chi connectivity index (χ3n) is 3.13. The van der Waals surface area contributed by atoms with Crippen LogP contribution in [0.15, 0.2) is 18.2 Å². The van der Waals surface area contributed by atoms with Gasteiger partial charge < -0.3 is 19.9 Å². The highest BCUT2D eigenvalue weighted by Crippen LogP contribution is 2.30. The molecule has 5 nitrogen and oxygen atoms in total. The number of rotatable bonds is 6. The number of fused-ring (bicyclic) bond motifs is 1. The molecule has 1 unspecified atom stereocenters. The second-order valence-electron chi connectivity index (χ2n) is 4.97. The highest BCUT2D eigenvalue weighted by molar-refractivity contribution is 5.75. The highest BCUT2D eigenvalue weighted by Gasteiger charge is 2.11. The molecule has 0 fully saturated rings. The topological polar surface area (TPSA) is 67.8 Å². The van der Waals surface area contributed by atoms with Crippen molar-refractivity contribution >= 4 is 5.91 Å². The van der Waals surface area contributed by atoms with Gasteiger partial charge in [0.05, 0.1) is 6.10 Å². The van der Waals surface area contributed by atoms with Crippen LogP contribution in [0.3, 0.4) is 0 Å². The molecule has 1 amide bonds. The molecule has 0 spiro atoms. The van der Waals surface area contributed by atoms with Crippen LogP contribution in [0.1, 0.15) is 25.3 Å². The van der Waals surface area contributed by atoms with Crippen molar-refractivity contribution < 1.29 is 19.4 Å². The number of carbonyl (C=O) groups is 1. The SMILES string of the molecule is CC(O)CCC(=O)NCCc1ccc2c(c1)OCCO2. The Balaban J connectivity index is 1.75. The second kappa shape index (κ2) is 7.14. The number of carbonyl (C=O) groups excluding carboxylic acids is 1. The number of hydrogen-bond donors (Lipinski definition) is 2. The average molecular weight is 279 g/mol. The van der Waals surface area contributed by atoms with Crippen LogP contribution in [0.2, 0.25) is 0 Å². The Morgan fingerprint density at radius 2 is 2.10 bits per heavy atom. The van der Waals surface area contributed by atoms with Gasteiger partial charge >= 0.3 is 0 Å². The van der Waals surface area contributed by atoms with E-state index < -0.39 is 6.10 Å². The zero-order chi connectivity index (χ0) is 14.4. The first-order valence-electron chi connectivity index (χ1n) is 6.98. The maximum atomic E-state index is 11.5. The van der Waals surface area contributed by atoms with E-state index in [0.29, 0.717) is 32.6 Å². The van der Waals surface area contributed by atoms with Crippen LogP contribution in [-0.4, -0.2) is 36.9 Å². The molecule has 1 atom stereocenters. The van der Waals surface area contributed by atoms with Crippen LogP contribution in [0.5, 0.6) is 11.5 Å². The summed E-state index contributed by atoms with van der Waals surface area (Å²) in [6, 6.07) is 5.84. The standard InChI is InChI=1S/C15H21NO4/c1-11(17)2-5-15(18)16-7-6-12-3-4-13-14(10-12)20-9-8-19-13/h3-4,10-11,17H,2,5-9H2,1H3,(H,16,18). The molecule has 0 aromatic heterocycles. The van der Waals surface area contributed by atoms with Gasteiger partial charge in [0.2, 0.25) is 5.91 Å². The van der Waals surface area contributed by atoms with Gasteiger partial charge in [-0.3, -0.25) is 4.79 Å². The summed E-state index contributed by atoms with van der Waals surface area (Å²) < 4.78 is 11.0. The van der Waals surface area contributed by atoms with E-state index in [2.05, 4.69) is 5.32 Å². The molecule has 5 heteroatoms. The van der Waals surface area contributed by atoms with E-state index >= 15 is 0 Å². The smallest absolute Gasteiger partial charge is 0.220 e. The van der Waals surface area contributed by atoms with Crippen molar-refractivity contribution in [1.29, 1.82) is 0 Å². The fraction of sp³-hybridized carbons (Fsp3) is 0.533. The van der Waals surface area contributed by atoms with Gasteiger partial charge in [-0.2, -0.15) is 0 Å². The third kappa shape index (κ3) is 4.42. The number of benzene rings is 1. The summed E-state index contributed by atoms with van der Waals surface area (Å²) in [4.78, 5) is 11.5. The van der Waals surface area contributed by atoms with E-state index in [-0.39, 0.29) is 5.91 Å². The lowest BCUT2D eigenvalue weighted by atomic mass is 10.1. The Kier molecular flexibility index (Phi) is 5.24. The second-order valence-corrected chi connectivity index (χ2v) is 4.97. The minimum Gasteiger partial charge on any atom is -0.486 e. The van der Waals surface area contributed by atoms with Crippen molar-refractivity contribution in [2.45, 2.75) is 32.3 Å². The molecule has 0 aliphatic carbocycles. The van der Waals surface area contributed by atoms with E-state index in [4.69, 9.17) is 14.6 Å². The molecule has 1 aliphatic rings. The molecule has 1 aliphatic heterocycles. The van der Waals surface area contributed by atoms with Crippen LogP contribution >= 0.6 is 0 Å². The number of aliphatic hydroxyl groups excluding tert-OH is 1. The van der Waals surface area contributed by atoms with Gasteiger partial charge in [0.1, 0.15) is 13.2 Å². The van der Waals surface area contributed by atoms with Crippen LogP contribution < -0.4 is 14.8 Å². The Morgan fingerprint density at radius 1 is 1.35 bits per heavy atom. The molecule has 1 aromatic carbocycles. The summed E-state index contributed by atoms with van der Waals surface area (Å²) in [7, 11) is 0. The molecule has 0 bridgehead atoms. The van der Waals surface area contributed by atoms with Crippen LogP contribution in [0.25, 0.3) is 0 Å². The number of nitrogens with one attached hydrogen (secondary N) is 1. The normalized spacial score (nSPS) is 14.7. The maximum absolute atomic E-state index is 11.5. The minimum absolute atomic E-state index is 0.0246. The number of hydrogen-bond acceptors (Lipinski definition) is 4. The Morgan fingerprint density at radius 3 is 2.85 bits per heavy atom. The van der Waals surface area contributed by atoms with Crippen molar-refractivity contribution in [3.8, 4) is 11.5 Å². The number of amides is 1. The largest absolute Gasteiger partial charge is 0.486 e. The summed E-state index contributed by atoms with van der Waals surface area (Å²) >= 11 is 0. The summed E-state index contributed by atoms with van der Waals surface area (Å²) in [5.74, 6) is 1.53. The third-order valence-corrected chi connectivity index (χ3v) is 3.13. The van der Waals surface area contributed by atoms with Crippen LogP contribution in [0, 0.1) is 0 Å². The number of ether oxygens (including phenoxy) is 2. The van der Waals surface area contributed by atoms with Crippen LogP contribution in [0.4, 0.5) is 0 Å². The molecule has 1 heterocycles. The zero-order valence-electron chi connectivity index (χ0n) is 11.7. The molecular formula is C15H21NO4. The summed E-state index contributed by atoms with van der Waals surface area (Å²) in [5, 5.41) is 12.0. The van der Waals surface area contributed by atoms with Gasteiger partial charge in [-0.25, -0.2) is 0 Å². The molecule has 0 saturated heterocycles. The summed E-state index contributed by atoms with van der Waals surface area (Å²) in [6.07, 6.45) is 1.17. The Hall–Kier alpha value is -1.75. The first-order valence-corrected chi connectivity index (χ1v) is 6.98. The summed E-state index contributed by atoms with van der Waals surface area (Å²) in [5.41, 5.74) is 1.10. The molecule has 20 heavy (non-hydrogen) atoms. The summed E-state index contributed by atoms with van der Waals surface area (Å²) in [6.45, 7) is 3.43. The van der Waals surface area contributed by atoms with Gasteiger partial charge in [0.15, 0.2) is 11.5 Å². The molecule has 1 aromatic rings. The molecule has 2 rings (SSSR count). The van der Waals surface area contributed by atoms with E-state index in [9.17, 15) is 4.79 Å². The molecule has 0 radical (unpaired) electrons. The van der Waals surface area contributed by atoms with Gasteiger partial charge in [-0.05, 0) is 37.5 Å². The van der Waals surface area contributed by atoms with Crippen molar-refractivity contribution in [3.63, 3.8) is 0 Å². The fourth-order valence-corrected chi connectivity index (χ4v) is 2.02. The van der Waals surface area contributed by atoms with Gasteiger partial charge in [0.25, 0.3) is 0 Å². The Labute approximate surface area is 118 Å². The fourth-order valence-electron chi connectivity index (χ4n) is 2.02. The van der Waals surface area contributed by atoms with Crippen molar-refractivity contribution in [2.24, 2.45) is 0 Å². The lowest BCUT2D eigenvalue weighted by molar-refractivity contribution is -0.121. The van der Waals surface area contributed by atoms with E-state index in [1.807, 2.05) is 18.2 Å². The van der Waals surface area contributed by atoms with Gasteiger partial charge in [-0.1, -0.05) is 6.07 Å². The molecular weight excluding hydrogens is 258 g/mol. The van der Waals surface area contributed by atoms with E-state index in [1.54, 1.807) is 6.92 Å². The monoisotopic (exact) mass is 279 g/mol. The van der Waals surface area contributed by atoms with Gasteiger partial charge in [0, 0.05) is 13.0 Å². The molecule has 110 valence electrons. The quantitative estimate of drug-likeness (QED) is 0.823. The predicted molar refractivity (Wildman–Crippen MR) is 75.1 cm³/mol. The van der Waals surface area contributed by atoms with Crippen LogP contribution in [-0.2, 0) is 11.2 Å². The lowest BCUT2D eigenvalue weighted by Gasteiger charge is -2.18. The average Bonchev–Trinajstić information content (AvgIpc) is 2.45. The Bertz CT molecular complexity index is 459. The van der Waals surface area contributed by atoms with Crippen molar-refractivity contribution in [3.05, 3.63) is 23.8 Å². The zero-order valence-corrected chi connectivity index (χ0v) is 11.7.